The van der Waals surface area contributed by atoms with Crippen LogP contribution in [0.25, 0.3) is 0 Å². The fourth-order valence-corrected chi connectivity index (χ4v) is 3.47. The number of methoxy groups -OCH3 is 1. The lowest BCUT2D eigenvalue weighted by molar-refractivity contribution is -0.122. The van der Waals surface area contributed by atoms with Crippen LogP contribution in [0.15, 0.2) is 36.7 Å². The summed E-state index contributed by atoms with van der Waals surface area (Å²) in [4.78, 5) is 37.4. The van der Waals surface area contributed by atoms with Crippen molar-refractivity contribution >= 4 is 29.1 Å². The molecule has 0 spiro atoms. The Labute approximate surface area is 168 Å². The molecule has 1 N–H and O–H groups in total. The maximum atomic E-state index is 12.6. The zero-order valence-corrected chi connectivity index (χ0v) is 16.2. The number of hydrogen-bond donors (Lipinski definition) is 1. The quantitative estimate of drug-likeness (QED) is 0.813. The number of ether oxygens (including phenoxy) is 2. The van der Waals surface area contributed by atoms with Crippen molar-refractivity contribution in [3.8, 4) is 5.75 Å². The van der Waals surface area contributed by atoms with Crippen LogP contribution < -0.4 is 19.9 Å². The number of nitrogens with zero attached hydrogens (tertiary/aromatic N) is 4. The van der Waals surface area contributed by atoms with E-state index in [2.05, 4.69) is 15.3 Å². The molecule has 1 atom stereocenters. The Balaban J connectivity index is 1.38. The number of hydrogen-bond acceptors (Lipinski definition) is 7. The molecule has 152 valence electrons. The van der Waals surface area contributed by atoms with Gasteiger partial charge in [-0.15, -0.1) is 0 Å². The molecule has 2 aliphatic rings. The lowest BCUT2D eigenvalue weighted by Gasteiger charge is -2.26. The predicted octanol–water partition coefficient (Wildman–Crippen LogP) is 1.31. The SMILES string of the molecule is COc1cccc(N2CC(C(=O)Nc3cnc(N4CCOCC4)nc3)CC2=O)c1. The predicted molar refractivity (Wildman–Crippen MR) is 107 cm³/mol. The lowest BCUT2D eigenvalue weighted by Crippen LogP contribution is -2.37. The molecule has 1 aromatic carbocycles. The van der Waals surface area contributed by atoms with E-state index in [-0.39, 0.29) is 18.2 Å². The van der Waals surface area contributed by atoms with Crippen molar-refractivity contribution in [2.45, 2.75) is 6.42 Å². The smallest absolute Gasteiger partial charge is 0.229 e. The van der Waals surface area contributed by atoms with E-state index in [0.29, 0.717) is 37.1 Å². The second kappa shape index (κ2) is 8.44. The van der Waals surface area contributed by atoms with Crippen molar-refractivity contribution in [3.63, 3.8) is 0 Å². The number of carbonyl (C=O) groups excluding carboxylic acids is 2. The molecule has 2 saturated heterocycles. The molecule has 0 radical (unpaired) electrons. The first kappa shape index (κ1) is 19.1. The van der Waals surface area contributed by atoms with Gasteiger partial charge in [-0.3, -0.25) is 9.59 Å². The fraction of sp³-hybridized carbons (Fsp3) is 0.400. The summed E-state index contributed by atoms with van der Waals surface area (Å²) in [6, 6.07) is 7.26. The van der Waals surface area contributed by atoms with Crippen LogP contribution in [0.4, 0.5) is 17.3 Å². The van der Waals surface area contributed by atoms with Crippen molar-refractivity contribution in [3.05, 3.63) is 36.7 Å². The van der Waals surface area contributed by atoms with Gasteiger partial charge in [0.1, 0.15) is 5.75 Å². The summed E-state index contributed by atoms with van der Waals surface area (Å²) in [7, 11) is 1.58. The van der Waals surface area contributed by atoms with Gasteiger partial charge in [0.2, 0.25) is 17.8 Å². The first-order chi connectivity index (χ1) is 14.1. The monoisotopic (exact) mass is 397 g/mol. The number of nitrogens with one attached hydrogen (secondary N) is 1. The van der Waals surface area contributed by atoms with Gasteiger partial charge in [0.15, 0.2) is 0 Å². The van der Waals surface area contributed by atoms with E-state index < -0.39 is 5.92 Å². The van der Waals surface area contributed by atoms with Crippen LogP contribution in [-0.4, -0.2) is 61.7 Å². The van der Waals surface area contributed by atoms with E-state index in [4.69, 9.17) is 9.47 Å². The number of rotatable bonds is 5. The summed E-state index contributed by atoms with van der Waals surface area (Å²) in [6.45, 7) is 3.12. The number of amides is 2. The average molecular weight is 397 g/mol. The van der Waals surface area contributed by atoms with Crippen molar-refractivity contribution in [2.75, 3.05) is 55.1 Å². The molecule has 2 aromatic rings. The highest BCUT2D eigenvalue weighted by molar-refractivity contribution is 6.03. The van der Waals surface area contributed by atoms with E-state index in [1.54, 1.807) is 30.5 Å². The highest BCUT2D eigenvalue weighted by Crippen LogP contribution is 2.28. The summed E-state index contributed by atoms with van der Waals surface area (Å²) in [5, 5.41) is 2.82. The van der Waals surface area contributed by atoms with Crippen LogP contribution in [0.2, 0.25) is 0 Å². The van der Waals surface area contributed by atoms with Gasteiger partial charge in [0.25, 0.3) is 0 Å². The normalized spacial score (nSPS) is 19.3. The van der Waals surface area contributed by atoms with Gasteiger partial charge in [0, 0.05) is 37.8 Å². The van der Waals surface area contributed by atoms with Crippen LogP contribution >= 0.6 is 0 Å². The molecule has 2 fully saturated rings. The molecule has 3 heterocycles. The first-order valence-corrected chi connectivity index (χ1v) is 9.54. The number of anilines is 3. The molecular formula is C20H23N5O4. The number of carbonyl (C=O) groups is 2. The molecule has 9 nitrogen and oxygen atoms in total. The summed E-state index contributed by atoms with van der Waals surface area (Å²) < 4.78 is 10.5. The Kier molecular flexibility index (Phi) is 5.57. The van der Waals surface area contributed by atoms with Crippen LogP contribution in [0.5, 0.6) is 5.75 Å². The molecular weight excluding hydrogens is 374 g/mol. The van der Waals surface area contributed by atoms with Gasteiger partial charge >= 0.3 is 0 Å². The third-order valence-corrected chi connectivity index (χ3v) is 5.06. The van der Waals surface area contributed by atoms with E-state index in [1.807, 2.05) is 23.1 Å². The Morgan fingerprint density at radius 3 is 2.72 bits per heavy atom. The van der Waals surface area contributed by atoms with Gasteiger partial charge in [-0.2, -0.15) is 0 Å². The third kappa shape index (κ3) is 4.29. The second-order valence-electron chi connectivity index (χ2n) is 6.97. The van der Waals surface area contributed by atoms with Crippen LogP contribution in [0.3, 0.4) is 0 Å². The summed E-state index contributed by atoms with van der Waals surface area (Å²) in [6.07, 6.45) is 3.34. The molecule has 1 unspecified atom stereocenters. The Morgan fingerprint density at radius 1 is 1.24 bits per heavy atom. The van der Waals surface area contributed by atoms with E-state index in [0.717, 1.165) is 18.8 Å². The highest BCUT2D eigenvalue weighted by atomic mass is 16.5. The molecule has 2 amide bonds. The summed E-state index contributed by atoms with van der Waals surface area (Å²) >= 11 is 0. The minimum absolute atomic E-state index is 0.0858. The fourth-order valence-electron chi connectivity index (χ4n) is 3.47. The standard InChI is InChI=1S/C20H23N5O4/c1-28-17-4-2-3-16(10-17)25-13-14(9-18(25)26)19(27)23-15-11-21-20(22-12-15)24-5-7-29-8-6-24/h2-4,10-12,14H,5-9,13H2,1H3,(H,23,27). The van der Waals surface area contributed by atoms with Crippen molar-refractivity contribution in [1.29, 1.82) is 0 Å². The molecule has 0 bridgehead atoms. The van der Waals surface area contributed by atoms with Crippen molar-refractivity contribution in [2.24, 2.45) is 5.92 Å². The van der Waals surface area contributed by atoms with Gasteiger partial charge in [-0.05, 0) is 12.1 Å². The maximum Gasteiger partial charge on any atom is 0.229 e. The number of morpholine rings is 1. The van der Waals surface area contributed by atoms with Crippen LogP contribution in [0.1, 0.15) is 6.42 Å². The van der Waals surface area contributed by atoms with Gasteiger partial charge in [-0.1, -0.05) is 6.07 Å². The molecule has 2 aliphatic heterocycles. The first-order valence-electron chi connectivity index (χ1n) is 9.54. The molecule has 9 heteroatoms. The zero-order valence-electron chi connectivity index (χ0n) is 16.2. The topological polar surface area (TPSA) is 96.9 Å². The number of benzene rings is 1. The Bertz CT molecular complexity index is 883. The molecule has 0 aliphatic carbocycles. The minimum Gasteiger partial charge on any atom is -0.497 e. The maximum absolute atomic E-state index is 12.6. The van der Waals surface area contributed by atoms with Gasteiger partial charge in [-0.25, -0.2) is 9.97 Å². The number of aromatic nitrogens is 2. The van der Waals surface area contributed by atoms with Crippen molar-refractivity contribution in [1.82, 2.24) is 9.97 Å². The molecule has 0 saturated carbocycles. The van der Waals surface area contributed by atoms with E-state index in [1.165, 1.54) is 0 Å². The highest BCUT2D eigenvalue weighted by Gasteiger charge is 2.35. The van der Waals surface area contributed by atoms with Gasteiger partial charge < -0.3 is 24.6 Å². The molecule has 29 heavy (non-hydrogen) atoms. The average Bonchev–Trinajstić information content (AvgIpc) is 3.17. The van der Waals surface area contributed by atoms with Crippen LogP contribution in [-0.2, 0) is 14.3 Å². The summed E-state index contributed by atoms with van der Waals surface area (Å²) in [5.41, 5.74) is 1.24. The largest absolute Gasteiger partial charge is 0.497 e. The molecule has 1 aromatic heterocycles. The van der Waals surface area contributed by atoms with Crippen molar-refractivity contribution < 1.29 is 19.1 Å². The van der Waals surface area contributed by atoms with E-state index >= 15 is 0 Å². The Hall–Kier alpha value is -3.20. The zero-order chi connectivity index (χ0) is 20.2. The van der Waals surface area contributed by atoms with E-state index in [9.17, 15) is 9.59 Å². The molecule has 4 rings (SSSR count). The second-order valence-corrected chi connectivity index (χ2v) is 6.97. The van der Waals surface area contributed by atoms with Gasteiger partial charge in [0.05, 0.1) is 44.3 Å². The minimum atomic E-state index is -0.437. The summed E-state index contributed by atoms with van der Waals surface area (Å²) in [5.74, 6) is 0.545. The van der Waals surface area contributed by atoms with Crippen LogP contribution in [0, 0.1) is 5.92 Å². The Morgan fingerprint density at radius 2 is 2.00 bits per heavy atom. The lowest BCUT2D eigenvalue weighted by atomic mass is 10.1. The third-order valence-electron chi connectivity index (χ3n) is 5.06.